The number of amides is 1. The molecule has 0 spiro atoms. The molecule has 1 unspecified atom stereocenters. The SMILES string of the molecule is O=C(N[C@H]1CCCCC[C@H]1C(=O)O)C1COCCO1. The zero-order valence-electron chi connectivity index (χ0n) is 11.0. The Labute approximate surface area is 112 Å². The van der Waals surface area contributed by atoms with Gasteiger partial charge in [-0.3, -0.25) is 9.59 Å². The van der Waals surface area contributed by atoms with Crippen molar-refractivity contribution >= 4 is 11.9 Å². The smallest absolute Gasteiger partial charge is 0.308 e. The molecule has 1 aliphatic carbocycles. The number of carbonyl (C=O) groups excluding carboxylic acids is 1. The van der Waals surface area contributed by atoms with Crippen LogP contribution in [0.15, 0.2) is 0 Å². The second kappa shape index (κ2) is 6.86. The third-order valence-corrected chi connectivity index (χ3v) is 3.77. The summed E-state index contributed by atoms with van der Waals surface area (Å²) in [4.78, 5) is 23.3. The van der Waals surface area contributed by atoms with Crippen LogP contribution in [0.2, 0.25) is 0 Å². The highest BCUT2D eigenvalue weighted by Gasteiger charge is 2.33. The third-order valence-electron chi connectivity index (χ3n) is 3.77. The lowest BCUT2D eigenvalue weighted by Gasteiger charge is -2.27. The van der Waals surface area contributed by atoms with Crippen LogP contribution in [0.5, 0.6) is 0 Å². The first kappa shape index (κ1) is 14.3. The van der Waals surface area contributed by atoms with Gasteiger partial charge in [-0.15, -0.1) is 0 Å². The molecule has 19 heavy (non-hydrogen) atoms. The molecule has 0 aromatic carbocycles. The summed E-state index contributed by atoms with van der Waals surface area (Å²) >= 11 is 0. The highest BCUT2D eigenvalue weighted by Crippen LogP contribution is 2.24. The number of carbonyl (C=O) groups is 2. The summed E-state index contributed by atoms with van der Waals surface area (Å²) in [6.45, 7) is 1.16. The van der Waals surface area contributed by atoms with Crippen LogP contribution in [0.25, 0.3) is 0 Å². The second-order valence-electron chi connectivity index (χ2n) is 5.13. The minimum Gasteiger partial charge on any atom is -0.481 e. The van der Waals surface area contributed by atoms with Gasteiger partial charge in [-0.1, -0.05) is 19.3 Å². The van der Waals surface area contributed by atoms with E-state index < -0.39 is 18.0 Å². The van der Waals surface area contributed by atoms with E-state index in [0.29, 0.717) is 19.6 Å². The van der Waals surface area contributed by atoms with E-state index in [1.165, 1.54) is 0 Å². The van der Waals surface area contributed by atoms with Gasteiger partial charge < -0.3 is 19.9 Å². The molecule has 2 rings (SSSR count). The van der Waals surface area contributed by atoms with Gasteiger partial charge in [0.15, 0.2) is 6.10 Å². The minimum atomic E-state index is -0.826. The average Bonchev–Trinajstić information content (AvgIpc) is 2.65. The number of hydrogen-bond donors (Lipinski definition) is 2. The number of carboxylic acid groups (broad SMARTS) is 1. The van der Waals surface area contributed by atoms with Gasteiger partial charge in [-0.25, -0.2) is 0 Å². The van der Waals surface area contributed by atoms with Gasteiger partial charge in [0.05, 0.1) is 25.7 Å². The normalized spacial score (nSPS) is 32.3. The highest BCUT2D eigenvalue weighted by atomic mass is 16.6. The van der Waals surface area contributed by atoms with E-state index in [-0.39, 0.29) is 18.6 Å². The van der Waals surface area contributed by atoms with Gasteiger partial charge in [0, 0.05) is 6.04 Å². The Morgan fingerprint density at radius 2 is 1.89 bits per heavy atom. The third kappa shape index (κ3) is 3.91. The van der Waals surface area contributed by atoms with Gasteiger partial charge in [-0.05, 0) is 12.8 Å². The number of nitrogens with one attached hydrogen (secondary N) is 1. The van der Waals surface area contributed by atoms with Crippen LogP contribution in [0, 0.1) is 5.92 Å². The summed E-state index contributed by atoms with van der Waals surface area (Å²) in [5.74, 6) is -1.57. The van der Waals surface area contributed by atoms with Crippen molar-refractivity contribution in [2.75, 3.05) is 19.8 Å². The molecule has 0 bridgehead atoms. The van der Waals surface area contributed by atoms with Crippen LogP contribution in [0.3, 0.4) is 0 Å². The molecular weight excluding hydrogens is 250 g/mol. The standard InChI is InChI=1S/C13H21NO5/c15-12(11-8-18-6-7-19-11)14-10-5-3-1-2-4-9(10)13(16)17/h9-11H,1-8H2,(H,14,15)(H,16,17)/t9-,10+,11?/m1/s1. The van der Waals surface area contributed by atoms with E-state index in [0.717, 1.165) is 25.7 Å². The molecule has 2 N–H and O–H groups in total. The Morgan fingerprint density at radius 3 is 2.58 bits per heavy atom. The molecule has 3 atom stereocenters. The molecule has 1 heterocycles. The maximum Gasteiger partial charge on any atom is 0.308 e. The lowest BCUT2D eigenvalue weighted by molar-refractivity contribution is -0.150. The fourth-order valence-corrected chi connectivity index (χ4v) is 2.69. The Morgan fingerprint density at radius 1 is 1.11 bits per heavy atom. The first-order valence-corrected chi connectivity index (χ1v) is 6.91. The Bertz CT molecular complexity index is 327. The molecular formula is C13H21NO5. The fraction of sp³-hybridized carbons (Fsp3) is 0.846. The first-order valence-electron chi connectivity index (χ1n) is 6.91. The zero-order chi connectivity index (χ0) is 13.7. The van der Waals surface area contributed by atoms with E-state index in [2.05, 4.69) is 5.32 Å². The van der Waals surface area contributed by atoms with Crippen LogP contribution in [-0.4, -0.2) is 48.9 Å². The van der Waals surface area contributed by atoms with E-state index in [4.69, 9.17) is 9.47 Å². The molecule has 0 aromatic rings. The predicted octanol–water partition coefficient (Wildman–Crippen LogP) is 0.551. The van der Waals surface area contributed by atoms with Crippen LogP contribution in [-0.2, 0) is 19.1 Å². The maximum atomic E-state index is 12.0. The lowest BCUT2D eigenvalue weighted by atomic mass is 9.94. The maximum absolute atomic E-state index is 12.0. The molecule has 0 aromatic heterocycles. The van der Waals surface area contributed by atoms with Crippen LogP contribution in [0.4, 0.5) is 0 Å². The van der Waals surface area contributed by atoms with Crippen molar-refractivity contribution in [2.24, 2.45) is 5.92 Å². The summed E-state index contributed by atoms with van der Waals surface area (Å²) < 4.78 is 10.5. The van der Waals surface area contributed by atoms with E-state index in [1.807, 2.05) is 0 Å². The van der Waals surface area contributed by atoms with Gasteiger partial charge >= 0.3 is 5.97 Å². The van der Waals surface area contributed by atoms with Gasteiger partial charge in [-0.2, -0.15) is 0 Å². The topological polar surface area (TPSA) is 84.9 Å². The zero-order valence-corrected chi connectivity index (χ0v) is 11.0. The van der Waals surface area contributed by atoms with Crippen LogP contribution >= 0.6 is 0 Å². The predicted molar refractivity (Wildman–Crippen MR) is 66.7 cm³/mol. The Hall–Kier alpha value is -1.14. The summed E-state index contributed by atoms with van der Waals surface area (Å²) in [6, 6.07) is -0.293. The highest BCUT2D eigenvalue weighted by molar-refractivity contribution is 5.82. The molecule has 108 valence electrons. The number of carboxylic acids is 1. The van der Waals surface area contributed by atoms with Crippen molar-refractivity contribution in [3.8, 4) is 0 Å². The van der Waals surface area contributed by atoms with Gasteiger partial charge in [0.1, 0.15) is 0 Å². The summed E-state index contributed by atoms with van der Waals surface area (Å²) in [5.41, 5.74) is 0. The van der Waals surface area contributed by atoms with Crippen molar-refractivity contribution in [1.82, 2.24) is 5.32 Å². The van der Waals surface area contributed by atoms with Crippen molar-refractivity contribution in [3.63, 3.8) is 0 Å². The summed E-state index contributed by atoms with van der Waals surface area (Å²) in [5, 5.41) is 12.1. The van der Waals surface area contributed by atoms with Crippen molar-refractivity contribution in [3.05, 3.63) is 0 Å². The number of rotatable bonds is 3. The van der Waals surface area contributed by atoms with E-state index in [9.17, 15) is 14.7 Å². The molecule has 6 heteroatoms. The lowest BCUT2D eigenvalue weighted by Crippen LogP contribution is -2.50. The van der Waals surface area contributed by atoms with Crippen molar-refractivity contribution in [2.45, 2.75) is 44.2 Å². The summed E-state index contributed by atoms with van der Waals surface area (Å²) in [6.07, 6.45) is 3.63. The molecule has 0 radical (unpaired) electrons. The minimum absolute atomic E-state index is 0.246. The molecule has 2 fully saturated rings. The molecule has 1 amide bonds. The molecule has 2 aliphatic rings. The van der Waals surface area contributed by atoms with Crippen molar-refractivity contribution < 1.29 is 24.2 Å². The van der Waals surface area contributed by atoms with E-state index >= 15 is 0 Å². The first-order chi connectivity index (χ1) is 9.18. The summed E-state index contributed by atoms with van der Waals surface area (Å²) in [7, 11) is 0. The Balaban J connectivity index is 1.93. The second-order valence-corrected chi connectivity index (χ2v) is 5.13. The molecule has 6 nitrogen and oxygen atoms in total. The Kier molecular flexibility index (Phi) is 5.15. The fourth-order valence-electron chi connectivity index (χ4n) is 2.69. The number of ether oxygens (including phenoxy) is 2. The largest absolute Gasteiger partial charge is 0.481 e. The van der Waals surface area contributed by atoms with Crippen LogP contribution < -0.4 is 5.32 Å². The van der Waals surface area contributed by atoms with Gasteiger partial charge in [0.25, 0.3) is 5.91 Å². The van der Waals surface area contributed by atoms with E-state index in [1.54, 1.807) is 0 Å². The number of hydrogen-bond acceptors (Lipinski definition) is 4. The monoisotopic (exact) mass is 271 g/mol. The molecule has 1 saturated carbocycles. The van der Waals surface area contributed by atoms with Crippen molar-refractivity contribution in [1.29, 1.82) is 0 Å². The van der Waals surface area contributed by atoms with Crippen LogP contribution in [0.1, 0.15) is 32.1 Å². The average molecular weight is 271 g/mol. The molecule has 1 saturated heterocycles. The van der Waals surface area contributed by atoms with Gasteiger partial charge in [0.2, 0.25) is 0 Å². The quantitative estimate of drug-likeness (QED) is 0.732. The number of aliphatic carboxylic acids is 1. The molecule has 1 aliphatic heterocycles.